The second-order valence-corrected chi connectivity index (χ2v) is 8.36. The maximum atomic E-state index is 13.0. The smallest absolute Gasteiger partial charge is 0.261 e. The highest BCUT2D eigenvalue weighted by atomic mass is 16.5. The van der Waals surface area contributed by atoms with Crippen molar-refractivity contribution in [3.8, 4) is 0 Å². The van der Waals surface area contributed by atoms with Crippen LogP contribution in [-0.4, -0.2) is 71.2 Å². The van der Waals surface area contributed by atoms with Crippen LogP contribution in [0, 0.1) is 6.92 Å². The number of aromatic nitrogens is 2. The minimum Gasteiger partial charge on any atom is -0.379 e. The van der Waals surface area contributed by atoms with Gasteiger partial charge in [0.2, 0.25) is 5.91 Å². The minimum absolute atomic E-state index is 0.0793. The number of aryl methyl sites for hydroxylation is 2. The van der Waals surface area contributed by atoms with E-state index >= 15 is 0 Å². The zero-order valence-electron chi connectivity index (χ0n) is 19.0. The van der Waals surface area contributed by atoms with E-state index in [9.17, 15) is 9.59 Å². The van der Waals surface area contributed by atoms with Gasteiger partial charge in [-0.1, -0.05) is 38.3 Å². The van der Waals surface area contributed by atoms with E-state index in [4.69, 9.17) is 4.74 Å². The van der Waals surface area contributed by atoms with E-state index in [2.05, 4.69) is 16.8 Å². The molecule has 0 bridgehead atoms. The van der Waals surface area contributed by atoms with Gasteiger partial charge in [-0.25, -0.2) is 4.98 Å². The van der Waals surface area contributed by atoms with E-state index in [-0.39, 0.29) is 11.5 Å². The first kappa shape index (κ1) is 23.4. The predicted octanol–water partition coefficient (Wildman–Crippen LogP) is 2.84. The molecule has 0 N–H and O–H groups in total. The average molecular weight is 429 g/mol. The van der Waals surface area contributed by atoms with Gasteiger partial charge in [0, 0.05) is 45.7 Å². The zero-order valence-corrected chi connectivity index (χ0v) is 19.0. The molecule has 0 unspecified atom stereocenters. The molecule has 170 valence electrons. The van der Waals surface area contributed by atoms with Gasteiger partial charge in [0.15, 0.2) is 0 Å². The Morgan fingerprint density at radius 2 is 1.94 bits per heavy atom. The van der Waals surface area contributed by atoms with Crippen molar-refractivity contribution in [1.29, 1.82) is 0 Å². The fraction of sp³-hybridized carbons (Fsp3) is 0.625. The van der Waals surface area contributed by atoms with E-state index in [1.54, 1.807) is 17.0 Å². The van der Waals surface area contributed by atoms with Crippen LogP contribution in [0.5, 0.6) is 0 Å². The Bertz CT molecular complexity index is 905. The largest absolute Gasteiger partial charge is 0.379 e. The van der Waals surface area contributed by atoms with Gasteiger partial charge in [-0.15, -0.1) is 0 Å². The number of para-hydroxylation sites is 1. The number of unbranched alkanes of at least 4 members (excludes halogenated alkanes) is 3. The highest BCUT2D eigenvalue weighted by Gasteiger charge is 2.17. The van der Waals surface area contributed by atoms with Crippen LogP contribution in [0.15, 0.2) is 29.3 Å². The molecule has 7 heteroatoms. The summed E-state index contributed by atoms with van der Waals surface area (Å²) in [4.78, 5) is 34.6. The zero-order chi connectivity index (χ0) is 22.1. The van der Waals surface area contributed by atoms with Gasteiger partial charge in [-0.2, -0.15) is 0 Å². The molecule has 0 saturated carbocycles. The SMILES string of the molecule is CCCCCCN(CCN1CCOCC1)C(=O)CCn1cnc2c(C)cccc2c1=O. The molecule has 2 aromatic rings. The Morgan fingerprint density at radius 1 is 1.13 bits per heavy atom. The predicted molar refractivity (Wildman–Crippen MR) is 123 cm³/mol. The summed E-state index contributed by atoms with van der Waals surface area (Å²) >= 11 is 0. The fourth-order valence-corrected chi connectivity index (χ4v) is 4.05. The number of benzene rings is 1. The van der Waals surface area contributed by atoms with Gasteiger partial charge >= 0.3 is 0 Å². The molecule has 1 aliphatic rings. The fourth-order valence-electron chi connectivity index (χ4n) is 4.05. The highest BCUT2D eigenvalue weighted by Crippen LogP contribution is 2.11. The average Bonchev–Trinajstić information content (AvgIpc) is 2.79. The van der Waals surface area contributed by atoms with Gasteiger partial charge < -0.3 is 9.64 Å². The quantitative estimate of drug-likeness (QED) is 0.515. The topological polar surface area (TPSA) is 67.7 Å². The summed E-state index contributed by atoms with van der Waals surface area (Å²) < 4.78 is 6.99. The van der Waals surface area contributed by atoms with Crippen LogP contribution in [0.1, 0.15) is 44.6 Å². The number of carbonyl (C=O) groups excluding carboxylic acids is 1. The molecule has 1 aromatic carbocycles. The summed E-state index contributed by atoms with van der Waals surface area (Å²) in [5.74, 6) is 0.112. The van der Waals surface area contributed by atoms with Gasteiger partial charge in [-0.05, 0) is 25.0 Å². The Balaban J connectivity index is 1.61. The normalized spacial score (nSPS) is 14.8. The van der Waals surface area contributed by atoms with Crippen LogP contribution in [0.3, 0.4) is 0 Å². The van der Waals surface area contributed by atoms with Gasteiger partial charge in [0.05, 0.1) is 30.4 Å². The van der Waals surface area contributed by atoms with Gasteiger partial charge in [0.1, 0.15) is 0 Å². The number of hydrogen-bond donors (Lipinski definition) is 0. The van der Waals surface area contributed by atoms with E-state index < -0.39 is 0 Å². The van der Waals surface area contributed by atoms with Crippen molar-refractivity contribution in [3.63, 3.8) is 0 Å². The van der Waals surface area contributed by atoms with Crippen LogP contribution in [0.4, 0.5) is 0 Å². The first-order valence-corrected chi connectivity index (χ1v) is 11.6. The summed E-state index contributed by atoms with van der Waals surface area (Å²) in [5, 5.41) is 0.610. The van der Waals surface area contributed by atoms with E-state index in [0.29, 0.717) is 18.4 Å². The number of amides is 1. The second-order valence-electron chi connectivity index (χ2n) is 8.36. The van der Waals surface area contributed by atoms with E-state index in [1.165, 1.54) is 12.8 Å². The molecular weight excluding hydrogens is 392 g/mol. The van der Waals surface area contributed by atoms with Crippen LogP contribution in [-0.2, 0) is 16.1 Å². The third-order valence-corrected chi connectivity index (χ3v) is 6.05. The van der Waals surface area contributed by atoms with Crippen molar-refractivity contribution in [2.24, 2.45) is 0 Å². The number of rotatable bonds is 11. The maximum Gasteiger partial charge on any atom is 0.261 e. The lowest BCUT2D eigenvalue weighted by Gasteiger charge is -2.30. The molecule has 7 nitrogen and oxygen atoms in total. The van der Waals surface area contributed by atoms with Gasteiger partial charge in [0.25, 0.3) is 5.56 Å². The third-order valence-electron chi connectivity index (χ3n) is 6.05. The molecule has 1 aliphatic heterocycles. The molecule has 2 heterocycles. The summed E-state index contributed by atoms with van der Waals surface area (Å²) in [5.41, 5.74) is 1.64. The molecule has 1 aromatic heterocycles. The number of hydrogen-bond acceptors (Lipinski definition) is 5. The molecule has 3 rings (SSSR count). The van der Waals surface area contributed by atoms with Crippen LogP contribution in [0.25, 0.3) is 10.9 Å². The number of nitrogens with zero attached hydrogens (tertiary/aromatic N) is 4. The first-order valence-electron chi connectivity index (χ1n) is 11.6. The molecule has 0 spiro atoms. The molecule has 0 atom stereocenters. The summed E-state index contributed by atoms with van der Waals surface area (Å²) in [6.45, 7) is 10.3. The van der Waals surface area contributed by atoms with Crippen molar-refractivity contribution >= 4 is 16.8 Å². The Hall–Kier alpha value is -2.25. The van der Waals surface area contributed by atoms with Gasteiger partial charge in [-0.3, -0.25) is 19.1 Å². The van der Waals surface area contributed by atoms with Crippen molar-refractivity contribution < 1.29 is 9.53 Å². The standard InChI is InChI=1S/C24H36N4O3/c1-3-4-5-6-11-27(14-13-26-15-17-31-18-16-26)22(29)10-12-28-19-25-23-20(2)8-7-9-21(23)24(28)30/h7-9,19H,3-6,10-18H2,1-2H3. The van der Waals surface area contributed by atoms with E-state index in [0.717, 1.165) is 69.9 Å². The third kappa shape index (κ3) is 6.61. The lowest BCUT2D eigenvalue weighted by molar-refractivity contribution is -0.131. The van der Waals surface area contributed by atoms with Crippen molar-refractivity contribution in [2.75, 3.05) is 45.9 Å². The van der Waals surface area contributed by atoms with E-state index in [1.807, 2.05) is 24.0 Å². The monoisotopic (exact) mass is 428 g/mol. The lowest BCUT2D eigenvalue weighted by Crippen LogP contribution is -2.43. The number of ether oxygens (including phenoxy) is 1. The first-order chi connectivity index (χ1) is 15.1. The van der Waals surface area contributed by atoms with Crippen LogP contribution < -0.4 is 5.56 Å². The van der Waals surface area contributed by atoms with Crippen LogP contribution >= 0.6 is 0 Å². The van der Waals surface area contributed by atoms with Crippen LogP contribution in [0.2, 0.25) is 0 Å². The lowest BCUT2D eigenvalue weighted by atomic mass is 10.1. The molecule has 1 saturated heterocycles. The van der Waals surface area contributed by atoms with Crippen molar-refractivity contribution in [3.05, 3.63) is 40.4 Å². The molecule has 1 amide bonds. The minimum atomic E-state index is -0.0793. The molecule has 31 heavy (non-hydrogen) atoms. The number of fused-ring (bicyclic) bond motifs is 1. The highest BCUT2D eigenvalue weighted by molar-refractivity contribution is 5.80. The second kappa shape index (κ2) is 12.0. The van der Waals surface area contributed by atoms with Crippen molar-refractivity contribution in [2.45, 2.75) is 52.5 Å². The molecular formula is C24H36N4O3. The molecule has 1 fully saturated rings. The number of morpholine rings is 1. The Morgan fingerprint density at radius 3 is 2.71 bits per heavy atom. The number of carbonyl (C=O) groups is 1. The Kier molecular flexibility index (Phi) is 9.03. The molecule has 0 radical (unpaired) electrons. The summed E-state index contributed by atoms with van der Waals surface area (Å²) in [7, 11) is 0. The van der Waals surface area contributed by atoms with Crippen molar-refractivity contribution in [1.82, 2.24) is 19.4 Å². The summed E-state index contributed by atoms with van der Waals surface area (Å²) in [6, 6.07) is 5.63. The summed E-state index contributed by atoms with van der Waals surface area (Å²) in [6.07, 6.45) is 6.44. The Labute approximate surface area is 185 Å². The maximum absolute atomic E-state index is 13.0. The molecule has 0 aliphatic carbocycles.